The minimum Gasteiger partial charge on any atom is -0.379 e. The molecule has 0 radical (unpaired) electrons. The van der Waals surface area contributed by atoms with Crippen molar-refractivity contribution >= 4 is 15.8 Å². The van der Waals surface area contributed by atoms with E-state index in [-0.39, 0.29) is 10.9 Å². The molecule has 0 aliphatic carbocycles. The van der Waals surface area contributed by atoms with Crippen LogP contribution in [0.15, 0.2) is 47.6 Å². The largest absolute Gasteiger partial charge is 0.379 e. The minimum absolute atomic E-state index is 0.0274. The van der Waals surface area contributed by atoms with E-state index >= 15 is 0 Å². The van der Waals surface area contributed by atoms with Gasteiger partial charge in [-0.2, -0.15) is 4.31 Å². The molecule has 1 aliphatic heterocycles. The van der Waals surface area contributed by atoms with Crippen molar-refractivity contribution in [2.45, 2.75) is 17.9 Å². The number of hydrogen-bond donors (Lipinski definition) is 1. The van der Waals surface area contributed by atoms with Gasteiger partial charge in [0.15, 0.2) is 0 Å². The van der Waals surface area contributed by atoms with E-state index in [1.165, 1.54) is 10.5 Å². The van der Waals surface area contributed by atoms with Gasteiger partial charge in [0.1, 0.15) is 10.7 Å². The second-order valence-electron chi connectivity index (χ2n) is 5.52. The van der Waals surface area contributed by atoms with E-state index < -0.39 is 10.0 Å². The number of morpholine rings is 1. The summed E-state index contributed by atoms with van der Waals surface area (Å²) in [4.78, 5) is 8.71. The molecule has 3 heterocycles. The lowest BCUT2D eigenvalue weighted by molar-refractivity contribution is 0.0730. The summed E-state index contributed by atoms with van der Waals surface area (Å²) in [7, 11) is -3.51. The van der Waals surface area contributed by atoms with Crippen molar-refractivity contribution in [2.75, 3.05) is 31.6 Å². The van der Waals surface area contributed by atoms with Crippen LogP contribution in [0.25, 0.3) is 0 Å². The summed E-state index contributed by atoms with van der Waals surface area (Å²) < 4.78 is 31.7. The summed E-state index contributed by atoms with van der Waals surface area (Å²) in [6, 6.07) is 8.93. The quantitative estimate of drug-likeness (QED) is 0.885. The number of nitrogens with one attached hydrogen (secondary N) is 1. The first-order valence-corrected chi connectivity index (χ1v) is 9.23. The van der Waals surface area contributed by atoms with Gasteiger partial charge in [0.05, 0.1) is 24.9 Å². The van der Waals surface area contributed by atoms with Gasteiger partial charge in [-0.1, -0.05) is 6.07 Å². The van der Waals surface area contributed by atoms with Crippen LogP contribution in [0.4, 0.5) is 5.82 Å². The first kappa shape index (κ1) is 16.8. The third-order valence-electron chi connectivity index (χ3n) is 3.84. The number of nitrogens with zero attached hydrogens (tertiary/aromatic N) is 3. The standard InChI is InChI=1S/C16H20N4O3S/c1-13(15-4-2-3-7-17-15)19-16-6-5-14(12-18-16)24(21,22)20-8-10-23-11-9-20/h2-7,12-13H,8-11H2,1H3,(H,18,19). The van der Waals surface area contributed by atoms with Crippen molar-refractivity contribution in [3.05, 3.63) is 48.4 Å². The molecular formula is C16H20N4O3S. The fourth-order valence-electron chi connectivity index (χ4n) is 2.48. The van der Waals surface area contributed by atoms with Crippen molar-refractivity contribution in [2.24, 2.45) is 0 Å². The smallest absolute Gasteiger partial charge is 0.244 e. The van der Waals surface area contributed by atoms with Crippen LogP contribution >= 0.6 is 0 Å². The molecule has 1 unspecified atom stereocenters. The molecular weight excluding hydrogens is 328 g/mol. The molecule has 24 heavy (non-hydrogen) atoms. The van der Waals surface area contributed by atoms with E-state index in [0.717, 1.165) is 5.69 Å². The molecule has 128 valence electrons. The molecule has 1 fully saturated rings. The maximum Gasteiger partial charge on any atom is 0.244 e. The molecule has 1 atom stereocenters. The summed E-state index contributed by atoms with van der Waals surface area (Å²) >= 11 is 0. The van der Waals surface area contributed by atoms with Crippen LogP contribution in [0.5, 0.6) is 0 Å². The van der Waals surface area contributed by atoms with Gasteiger partial charge < -0.3 is 10.1 Å². The Balaban J connectivity index is 1.71. The predicted octanol–water partition coefficient (Wildman–Crippen LogP) is 1.67. The zero-order valence-electron chi connectivity index (χ0n) is 13.4. The number of sulfonamides is 1. The molecule has 2 aromatic rings. The van der Waals surface area contributed by atoms with Gasteiger partial charge in [0.2, 0.25) is 10.0 Å². The van der Waals surface area contributed by atoms with Crippen molar-refractivity contribution in [1.82, 2.24) is 14.3 Å². The fraction of sp³-hybridized carbons (Fsp3) is 0.375. The van der Waals surface area contributed by atoms with E-state index in [1.807, 2.05) is 25.1 Å². The van der Waals surface area contributed by atoms with Crippen LogP contribution in [-0.2, 0) is 14.8 Å². The average Bonchev–Trinajstić information content (AvgIpc) is 2.63. The number of pyridine rings is 2. The van der Waals surface area contributed by atoms with Crippen LogP contribution in [0.1, 0.15) is 18.7 Å². The monoisotopic (exact) mass is 348 g/mol. The van der Waals surface area contributed by atoms with Crippen LogP contribution in [0, 0.1) is 0 Å². The van der Waals surface area contributed by atoms with Crippen LogP contribution in [0.2, 0.25) is 0 Å². The lowest BCUT2D eigenvalue weighted by Gasteiger charge is -2.26. The number of hydrogen-bond acceptors (Lipinski definition) is 6. The predicted molar refractivity (Wildman–Crippen MR) is 90.1 cm³/mol. The Bertz CT molecular complexity index is 760. The average molecular weight is 348 g/mol. The summed E-state index contributed by atoms with van der Waals surface area (Å²) in [6.07, 6.45) is 3.12. The second kappa shape index (κ2) is 7.25. The van der Waals surface area contributed by atoms with Gasteiger partial charge in [0.25, 0.3) is 0 Å². The van der Waals surface area contributed by atoms with Gasteiger partial charge in [0, 0.05) is 25.5 Å². The van der Waals surface area contributed by atoms with Crippen LogP contribution in [-0.4, -0.2) is 49.0 Å². The fourth-order valence-corrected chi connectivity index (χ4v) is 3.84. The van der Waals surface area contributed by atoms with Gasteiger partial charge in [-0.25, -0.2) is 13.4 Å². The van der Waals surface area contributed by atoms with Gasteiger partial charge in [-0.3, -0.25) is 4.98 Å². The highest BCUT2D eigenvalue weighted by atomic mass is 32.2. The van der Waals surface area contributed by atoms with E-state index in [2.05, 4.69) is 15.3 Å². The lowest BCUT2D eigenvalue weighted by atomic mass is 10.2. The van der Waals surface area contributed by atoms with E-state index in [0.29, 0.717) is 32.1 Å². The highest BCUT2D eigenvalue weighted by Crippen LogP contribution is 2.20. The Morgan fingerprint density at radius 1 is 1.17 bits per heavy atom. The molecule has 0 bridgehead atoms. The Morgan fingerprint density at radius 2 is 1.96 bits per heavy atom. The molecule has 0 aromatic carbocycles. The molecule has 2 aromatic heterocycles. The van der Waals surface area contributed by atoms with Crippen molar-refractivity contribution in [1.29, 1.82) is 0 Å². The topological polar surface area (TPSA) is 84.4 Å². The maximum atomic E-state index is 12.5. The van der Waals surface area contributed by atoms with E-state index in [1.54, 1.807) is 18.3 Å². The molecule has 8 heteroatoms. The molecule has 0 spiro atoms. The lowest BCUT2D eigenvalue weighted by Crippen LogP contribution is -2.40. The summed E-state index contributed by atoms with van der Waals surface area (Å²) in [5.74, 6) is 0.606. The SMILES string of the molecule is CC(Nc1ccc(S(=O)(=O)N2CCOCC2)cn1)c1ccccn1. The highest BCUT2D eigenvalue weighted by molar-refractivity contribution is 7.89. The number of anilines is 1. The molecule has 7 nitrogen and oxygen atoms in total. The molecule has 3 rings (SSSR count). The molecule has 0 amide bonds. The van der Waals surface area contributed by atoms with Crippen molar-refractivity contribution in [3.8, 4) is 0 Å². The zero-order valence-corrected chi connectivity index (χ0v) is 14.2. The number of aromatic nitrogens is 2. The molecule has 0 saturated carbocycles. The van der Waals surface area contributed by atoms with Crippen LogP contribution in [0.3, 0.4) is 0 Å². The molecule has 1 N–H and O–H groups in total. The summed E-state index contributed by atoms with van der Waals surface area (Å²) in [5.41, 5.74) is 0.893. The minimum atomic E-state index is -3.51. The van der Waals surface area contributed by atoms with Crippen LogP contribution < -0.4 is 5.32 Å². The van der Waals surface area contributed by atoms with E-state index in [9.17, 15) is 8.42 Å². The Morgan fingerprint density at radius 3 is 2.58 bits per heavy atom. The zero-order chi connectivity index (χ0) is 17.0. The van der Waals surface area contributed by atoms with Crippen molar-refractivity contribution in [3.63, 3.8) is 0 Å². The van der Waals surface area contributed by atoms with Crippen molar-refractivity contribution < 1.29 is 13.2 Å². The Labute approximate surface area is 141 Å². The van der Waals surface area contributed by atoms with Gasteiger partial charge >= 0.3 is 0 Å². The highest BCUT2D eigenvalue weighted by Gasteiger charge is 2.26. The van der Waals surface area contributed by atoms with Gasteiger partial charge in [-0.15, -0.1) is 0 Å². The third-order valence-corrected chi connectivity index (χ3v) is 5.72. The van der Waals surface area contributed by atoms with Gasteiger partial charge in [-0.05, 0) is 31.2 Å². The summed E-state index contributed by atoms with van der Waals surface area (Å²) in [6.45, 7) is 3.57. The first-order valence-electron chi connectivity index (χ1n) is 7.79. The molecule has 1 saturated heterocycles. The third kappa shape index (κ3) is 3.72. The Kier molecular flexibility index (Phi) is 5.08. The summed E-state index contributed by atoms with van der Waals surface area (Å²) in [5, 5.41) is 3.21. The number of rotatable bonds is 5. The maximum absolute atomic E-state index is 12.5. The normalized spacial score (nSPS) is 17.4. The first-order chi connectivity index (χ1) is 11.6. The van der Waals surface area contributed by atoms with E-state index in [4.69, 9.17) is 4.74 Å². The Hall–Kier alpha value is -2.03. The number of ether oxygens (including phenoxy) is 1. The molecule has 1 aliphatic rings. The second-order valence-corrected chi connectivity index (χ2v) is 7.45.